The summed E-state index contributed by atoms with van der Waals surface area (Å²) >= 11 is 0. The fraction of sp³-hybridized carbons (Fsp3) is 0.860. The highest BCUT2D eigenvalue weighted by Gasteiger charge is 2.20. The summed E-state index contributed by atoms with van der Waals surface area (Å²) in [5, 5.41) is 23.3. The molecule has 0 aromatic heterocycles. The van der Waals surface area contributed by atoms with Gasteiger partial charge in [-0.2, -0.15) is 0 Å². The van der Waals surface area contributed by atoms with Gasteiger partial charge >= 0.3 is 5.97 Å². The number of unbranched alkanes of at least 4 members (excludes halogenated alkanes) is 34. The van der Waals surface area contributed by atoms with Crippen LogP contribution < -0.4 is 5.32 Å². The molecule has 0 aliphatic heterocycles. The van der Waals surface area contributed by atoms with E-state index in [1.165, 1.54) is 167 Å². The minimum atomic E-state index is -0.682. The second-order valence-corrected chi connectivity index (χ2v) is 18.9. The minimum absolute atomic E-state index is 0.0379. The topological polar surface area (TPSA) is 95.9 Å². The molecule has 0 spiro atoms. The van der Waals surface area contributed by atoms with E-state index in [1.54, 1.807) is 0 Å². The van der Waals surface area contributed by atoms with E-state index in [4.69, 9.17) is 4.74 Å². The quantitative estimate of drug-likeness (QED) is 0.0321. The van der Waals surface area contributed by atoms with Crippen molar-refractivity contribution >= 4 is 11.9 Å². The van der Waals surface area contributed by atoms with Gasteiger partial charge in [0.15, 0.2) is 0 Å². The SMILES string of the molecule is CCC/C=C\C/C=C\CCCCCCCC(=O)OCCCCC/C=C\CCCCCCCC(=O)NC(CO)C(O)CCCCCCCCCCCCCCCCCCCCCCC. The van der Waals surface area contributed by atoms with Crippen LogP contribution in [0.25, 0.3) is 0 Å². The van der Waals surface area contributed by atoms with Crippen LogP contribution in [0.15, 0.2) is 36.5 Å². The molecule has 0 saturated carbocycles. The molecule has 2 unspecified atom stereocenters. The largest absolute Gasteiger partial charge is 0.466 e. The number of aliphatic hydroxyl groups is 2. The molecule has 2 atom stereocenters. The average Bonchev–Trinajstić information content (AvgIpc) is 3.28. The molecule has 0 radical (unpaired) electrons. The molecule has 0 saturated heterocycles. The molecule has 0 aromatic rings. The number of ether oxygens (including phenoxy) is 1. The Labute approximate surface area is 392 Å². The number of esters is 1. The summed E-state index contributed by atoms with van der Waals surface area (Å²) in [5.41, 5.74) is 0. The predicted octanol–water partition coefficient (Wildman–Crippen LogP) is 16.9. The molecule has 63 heavy (non-hydrogen) atoms. The second-order valence-electron chi connectivity index (χ2n) is 18.9. The number of hydrogen-bond acceptors (Lipinski definition) is 5. The summed E-state index contributed by atoms with van der Waals surface area (Å²) in [5.74, 6) is -0.0981. The zero-order chi connectivity index (χ0) is 45.8. The van der Waals surface area contributed by atoms with Gasteiger partial charge in [0, 0.05) is 12.8 Å². The van der Waals surface area contributed by atoms with Crippen LogP contribution in [0.1, 0.15) is 290 Å². The van der Waals surface area contributed by atoms with Gasteiger partial charge in [0.05, 0.1) is 25.4 Å². The van der Waals surface area contributed by atoms with Crippen LogP contribution in [0.3, 0.4) is 0 Å². The maximum Gasteiger partial charge on any atom is 0.305 e. The minimum Gasteiger partial charge on any atom is -0.466 e. The Morgan fingerprint density at radius 2 is 0.825 bits per heavy atom. The fourth-order valence-electron chi connectivity index (χ4n) is 8.38. The number of carbonyl (C=O) groups is 2. The van der Waals surface area contributed by atoms with E-state index in [0.717, 1.165) is 89.9 Å². The molecule has 1 amide bonds. The molecule has 0 heterocycles. The lowest BCUT2D eigenvalue weighted by Crippen LogP contribution is -2.45. The van der Waals surface area contributed by atoms with Crippen molar-refractivity contribution in [3.8, 4) is 0 Å². The highest BCUT2D eigenvalue weighted by Crippen LogP contribution is 2.17. The Morgan fingerprint density at radius 1 is 0.444 bits per heavy atom. The van der Waals surface area contributed by atoms with Crippen molar-refractivity contribution in [2.24, 2.45) is 0 Å². The van der Waals surface area contributed by atoms with Crippen LogP contribution in [0.4, 0.5) is 0 Å². The van der Waals surface area contributed by atoms with E-state index in [2.05, 4.69) is 55.6 Å². The number of aliphatic hydroxyl groups excluding tert-OH is 2. The summed E-state index contributed by atoms with van der Waals surface area (Å²) in [6.45, 7) is 4.83. The van der Waals surface area contributed by atoms with Crippen LogP contribution >= 0.6 is 0 Å². The van der Waals surface area contributed by atoms with Crippen molar-refractivity contribution in [2.45, 2.75) is 302 Å². The molecule has 0 bridgehead atoms. The Kier molecular flexibility index (Phi) is 51.1. The maximum atomic E-state index is 12.5. The normalized spacial score (nSPS) is 12.9. The van der Waals surface area contributed by atoms with Crippen LogP contribution in [-0.4, -0.2) is 47.4 Å². The standard InChI is InChI=1S/C57H107NO5/c1-3-5-7-9-11-13-15-17-18-19-20-21-22-23-24-26-29-33-37-41-45-49-55(60)54(53-59)58-56(61)50-46-42-38-34-30-27-28-32-36-40-44-48-52-63-57(62)51-47-43-39-35-31-25-16-14-12-10-8-6-4-2/h8,10,14,16,28,32,54-55,59-60H,3-7,9,11-13,15,17-27,29-31,33-53H2,1-2H3,(H,58,61)/b10-8-,16-14-,32-28-. The number of carbonyl (C=O) groups excluding carboxylic acids is 2. The average molecular weight is 886 g/mol. The Balaban J connectivity index is 3.51. The van der Waals surface area contributed by atoms with E-state index >= 15 is 0 Å². The molecule has 0 rings (SSSR count). The number of rotatable bonds is 51. The first kappa shape index (κ1) is 61.1. The highest BCUT2D eigenvalue weighted by molar-refractivity contribution is 5.76. The molecule has 0 fully saturated rings. The van der Waals surface area contributed by atoms with Gasteiger partial charge in [0.2, 0.25) is 5.91 Å². The molecule has 6 nitrogen and oxygen atoms in total. The monoisotopic (exact) mass is 886 g/mol. The second kappa shape index (κ2) is 52.7. The molecule has 0 aliphatic rings. The maximum absolute atomic E-state index is 12.5. The lowest BCUT2D eigenvalue weighted by molar-refractivity contribution is -0.143. The molecular formula is C57H107NO5. The number of amides is 1. The lowest BCUT2D eigenvalue weighted by atomic mass is 10.0. The van der Waals surface area contributed by atoms with E-state index < -0.39 is 12.1 Å². The highest BCUT2D eigenvalue weighted by atomic mass is 16.5. The van der Waals surface area contributed by atoms with Gasteiger partial charge in [-0.05, 0) is 83.5 Å². The molecule has 370 valence electrons. The lowest BCUT2D eigenvalue weighted by Gasteiger charge is -2.22. The fourth-order valence-corrected chi connectivity index (χ4v) is 8.38. The Hall–Kier alpha value is -1.92. The van der Waals surface area contributed by atoms with E-state index in [9.17, 15) is 19.8 Å². The van der Waals surface area contributed by atoms with Crippen molar-refractivity contribution < 1.29 is 24.5 Å². The molecule has 6 heteroatoms. The summed E-state index contributed by atoms with van der Waals surface area (Å²) in [6, 6.07) is -0.562. The first-order valence-electron chi connectivity index (χ1n) is 27.7. The van der Waals surface area contributed by atoms with Gasteiger partial charge in [-0.25, -0.2) is 0 Å². The van der Waals surface area contributed by atoms with Crippen LogP contribution in [-0.2, 0) is 14.3 Å². The summed E-state index contributed by atoms with van der Waals surface area (Å²) in [6.07, 6.45) is 64.1. The number of allylic oxidation sites excluding steroid dienone is 6. The van der Waals surface area contributed by atoms with Gasteiger partial charge in [-0.15, -0.1) is 0 Å². The third-order valence-electron chi connectivity index (χ3n) is 12.6. The number of hydrogen-bond donors (Lipinski definition) is 3. The summed E-state index contributed by atoms with van der Waals surface area (Å²) in [4.78, 5) is 24.5. The van der Waals surface area contributed by atoms with Gasteiger partial charge < -0.3 is 20.3 Å². The number of nitrogens with one attached hydrogen (secondary N) is 1. The van der Waals surface area contributed by atoms with Crippen LogP contribution in [0, 0.1) is 0 Å². The Bertz CT molecular complexity index is 1020. The molecular weight excluding hydrogens is 779 g/mol. The Morgan fingerprint density at radius 3 is 1.29 bits per heavy atom. The van der Waals surface area contributed by atoms with Crippen molar-refractivity contribution in [3.63, 3.8) is 0 Å². The van der Waals surface area contributed by atoms with E-state index in [1.807, 2.05) is 0 Å². The van der Waals surface area contributed by atoms with Gasteiger partial charge in [0.1, 0.15) is 0 Å². The van der Waals surface area contributed by atoms with Crippen LogP contribution in [0.2, 0.25) is 0 Å². The van der Waals surface area contributed by atoms with Crippen molar-refractivity contribution in [1.82, 2.24) is 5.32 Å². The van der Waals surface area contributed by atoms with Gasteiger partial charge in [0.25, 0.3) is 0 Å². The third-order valence-corrected chi connectivity index (χ3v) is 12.6. The van der Waals surface area contributed by atoms with E-state index in [0.29, 0.717) is 25.9 Å². The zero-order valence-electron chi connectivity index (χ0n) is 42.1. The molecule has 3 N–H and O–H groups in total. The first-order chi connectivity index (χ1) is 31.0. The van der Waals surface area contributed by atoms with Gasteiger partial charge in [-0.1, -0.05) is 230 Å². The van der Waals surface area contributed by atoms with Crippen molar-refractivity contribution in [1.29, 1.82) is 0 Å². The van der Waals surface area contributed by atoms with Crippen LogP contribution in [0.5, 0.6) is 0 Å². The van der Waals surface area contributed by atoms with Crippen molar-refractivity contribution in [3.05, 3.63) is 36.5 Å². The zero-order valence-corrected chi connectivity index (χ0v) is 42.1. The van der Waals surface area contributed by atoms with Crippen molar-refractivity contribution in [2.75, 3.05) is 13.2 Å². The smallest absolute Gasteiger partial charge is 0.305 e. The van der Waals surface area contributed by atoms with E-state index in [-0.39, 0.29) is 18.5 Å². The third kappa shape index (κ3) is 49.4. The molecule has 0 aliphatic carbocycles. The first-order valence-corrected chi connectivity index (χ1v) is 27.7. The summed E-state index contributed by atoms with van der Waals surface area (Å²) < 4.78 is 5.43. The molecule has 0 aromatic carbocycles. The van der Waals surface area contributed by atoms with Gasteiger partial charge in [-0.3, -0.25) is 9.59 Å². The predicted molar refractivity (Wildman–Crippen MR) is 273 cm³/mol. The summed E-state index contributed by atoms with van der Waals surface area (Å²) in [7, 11) is 0.